The van der Waals surface area contributed by atoms with E-state index >= 15 is 0 Å². The van der Waals surface area contributed by atoms with Crippen LogP contribution in [0.5, 0.6) is 5.75 Å². The molecule has 6 rings (SSSR count). The SMILES string of the molecule is CC(C)(OC(=O)CCC(=O)O)c1ncc(-c2ccc3nc4n(c3c2)[C@@H]2C[C@H]4N(S(C)(=O)=O)c3cccc(OC(F)F)c32)cn1. The molecule has 15 heteroatoms. The molecule has 2 aliphatic rings. The van der Waals surface area contributed by atoms with E-state index in [0.717, 1.165) is 6.26 Å². The topological polar surface area (TPSA) is 154 Å². The van der Waals surface area contributed by atoms with E-state index in [9.17, 15) is 26.8 Å². The van der Waals surface area contributed by atoms with Crippen molar-refractivity contribution in [3.63, 3.8) is 0 Å². The quantitative estimate of drug-likeness (QED) is 0.262. The fourth-order valence-corrected chi connectivity index (χ4v) is 7.10. The molecule has 2 atom stereocenters. The molecule has 0 amide bonds. The molecular formula is C29H27F2N5O7S. The maximum atomic E-state index is 13.4. The number of sulfonamides is 1. The minimum absolute atomic E-state index is 0.101. The summed E-state index contributed by atoms with van der Waals surface area (Å²) >= 11 is 0. The van der Waals surface area contributed by atoms with Gasteiger partial charge in [-0.15, -0.1) is 0 Å². The molecule has 44 heavy (non-hydrogen) atoms. The number of carbonyl (C=O) groups excluding carboxylic acids is 1. The van der Waals surface area contributed by atoms with Crippen molar-refractivity contribution in [2.45, 2.75) is 57.4 Å². The number of aromatic nitrogens is 4. The number of benzene rings is 2. The Kier molecular flexibility index (Phi) is 7.02. The van der Waals surface area contributed by atoms with Gasteiger partial charge in [-0.25, -0.2) is 23.4 Å². The third-order valence-corrected chi connectivity index (χ3v) is 8.84. The normalized spacial score (nSPS) is 17.5. The van der Waals surface area contributed by atoms with Gasteiger partial charge in [-0.05, 0) is 43.7 Å². The molecule has 0 fully saturated rings. The molecule has 2 aromatic carbocycles. The Bertz CT molecular complexity index is 1910. The average molecular weight is 628 g/mol. The maximum Gasteiger partial charge on any atom is 0.387 e. The number of halogens is 2. The molecule has 0 unspecified atom stereocenters. The highest BCUT2D eigenvalue weighted by atomic mass is 32.2. The van der Waals surface area contributed by atoms with E-state index in [-0.39, 0.29) is 30.1 Å². The third-order valence-electron chi connectivity index (χ3n) is 7.68. The lowest BCUT2D eigenvalue weighted by Gasteiger charge is -2.35. The Morgan fingerprint density at radius 2 is 1.82 bits per heavy atom. The molecule has 4 aromatic rings. The Labute approximate surface area is 250 Å². The average Bonchev–Trinajstić information content (AvgIpc) is 3.46. The minimum Gasteiger partial charge on any atom is -0.481 e. The fourth-order valence-electron chi connectivity index (χ4n) is 5.94. The number of anilines is 1. The van der Waals surface area contributed by atoms with Crippen molar-refractivity contribution >= 4 is 38.7 Å². The molecule has 2 aromatic heterocycles. The van der Waals surface area contributed by atoms with Gasteiger partial charge in [0.05, 0.1) is 41.9 Å². The Balaban J connectivity index is 1.38. The van der Waals surface area contributed by atoms with Gasteiger partial charge in [-0.1, -0.05) is 12.1 Å². The van der Waals surface area contributed by atoms with Gasteiger partial charge in [-0.2, -0.15) is 8.78 Å². The molecule has 230 valence electrons. The molecule has 2 bridgehead atoms. The summed E-state index contributed by atoms with van der Waals surface area (Å²) in [5, 5.41) is 8.80. The van der Waals surface area contributed by atoms with Crippen molar-refractivity contribution in [2.75, 3.05) is 10.6 Å². The number of fused-ring (bicyclic) bond motifs is 9. The minimum atomic E-state index is -3.82. The second-order valence-corrected chi connectivity index (χ2v) is 13.0. The molecular weight excluding hydrogens is 600 g/mol. The van der Waals surface area contributed by atoms with Crippen LogP contribution in [0.15, 0.2) is 48.8 Å². The van der Waals surface area contributed by atoms with Crippen molar-refractivity contribution in [1.29, 1.82) is 0 Å². The first-order chi connectivity index (χ1) is 20.7. The summed E-state index contributed by atoms with van der Waals surface area (Å²) in [5.41, 5.74) is 1.99. The number of esters is 1. The van der Waals surface area contributed by atoms with Gasteiger partial charge in [0.2, 0.25) is 10.0 Å². The summed E-state index contributed by atoms with van der Waals surface area (Å²) in [6, 6.07) is 8.77. The van der Waals surface area contributed by atoms with E-state index in [4.69, 9.17) is 19.6 Å². The predicted molar refractivity (Wildman–Crippen MR) is 153 cm³/mol. The van der Waals surface area contributed by atoms with Gasteiger partial charge >= 0.3 is 18.6 Å². The van der Waals surface area contributed by atoms with Gasteiger partial charge in [0.15, 0.2) is 11.4 Å². The summed E-state index contributed by atoms with van der Waals surface area (Å²) in [5.74, 6) is -1.19. The van der Waals surface area contributed by atoms with E-state index < -0.39 is 46.3 Å². The Morgan fingerprint density at radius 1 is 1.09 bits per heavy atom. The number of aliphatic carboxylic acids is 1. The largest absolute Gasteiger partial charge is 0.481 e. The van der Waals surface area contributed by atoms with Crippen molar-refractivity contribution in [2.24, 2.45) is 0 Å². The zero-order valence-electron chi connectivity index (χ0n) is 23.8. The molecule has 2 aliphatic heterocycles. The zero-order chi connectivity index (χ0) is 31.6. The predicted octanol–water partition coefficient (Wildman–Crippen LogP) is 4.55. The van der Waals surface area contributed by atoms with Gasteiger partial charge in [0, 0.05) is 29.9 Å². The highest BCUT2D eigenvalue weighted by Crippen LogP contribution is 2.55. The van der Waals surface area contributed by atoms with Crippen molar-refractivity contribution < 1.29 is 41.4 Å². The first-order valence-corrected chi connectivity index (χ1v) is 15.4. The monoisotopic (exact) mass is 627 g/mol. The molecule has 1 N–H and O–H groups in total. The molecule has 0 radical (unpaired) electrons. The van der Waals surface area contributed by atoms with Crippen molar-refractivity contribution in [1.82, 2.24) is 19.5 Å². The number of rotatable bonds is 9. The van der Waals surface area contributed by atoms with Crippen LogP contribution in [0.1, 0.15) is 62.4 Å². The molecule has 0 saturated heterocycles. The number of hydrogen-bond donors (Lipinski definition) is 1. The van der Waals surface area contributed by atoms with Crippen LogP contribution >= 0.6 is 0 Å². The standard InChI is InChI=1S/C29H27F2N5O7S/c1-29(2,43-24(39)10-9-23(37)38)27-32-13-16(14-33-27)15-7-8-17-19(11-15)35-20-12-21(26(35)34-17)36(44(3,40)41)18-5-4-6-22(25(18)20)42-28(30)31/h4-8,11,13-14,20-21,28H,9-10,12H2,1-3H3,(H,37,38)/t20-,21-/m1/s1. The van der Waals surface area contributed by atoms with Crippen LogP contribution in [-0.4, -0.2) is 57.8 Å². The number of carboxylic acids is 1. The van der Waals surface area contributed by atoms with Gasteiger partial charge in [0.1, 0.15) is 17.6 Å². The first kappa shape index (κ1) is 29.4. The summed E-state index contributed by atoms with van der Waals surface area (Å²) < 4.78 is 66.1. The summed E-state index contributed by atoms with van der Waals surface area (Å²) in [6.07, 6.45) is 3.86. The highest BCUT2D eigenvalue weighted by molar-refractivity contribution is 7.92. The lowest BCUT2D eigenvalue weighted by molar-refractivity contribution is -0.160. The van der Waals surface area contributed by atoms with Crippen molar-refractivity contribution in [3.05, 3.63) is 66.0 Å². The number of ether oxygens (including phenoxy) is 2. The van der Waals surface area contributed by atoms with Crippen LogP contribution in [0.25, 0.3) is 22.2 Å². The van der Waals surface area contributed by atoms with Crippen LogP contribution in [0.2, 0.25) is 0 Å². The third kappa shape index (κ3) is 5.10. The van der Waals surface area contributed by atoms with E-state index in [1.54, 1.807) is 38.4 Å². The highest BCUT2D eigenvalue weighted by Gasteiger charge is 2.48. The lowest BCUT2D eigenvalue weighted by Crippen LogP contribution is -2.36. The molecule has 12 nitrogen and oxygen atoms in total. The lowest BCUT2D eigenvalue weighted by atomic mass is 9.95. The number of carbonyl (C=O) groups is 2. The second kappa shape index (κ2) is 10.5. The summed E-state index contributed by atoms with van der Waals surface area (Å²) in [7, 11) is -3.82. The maximum absolute atomic E-state index is 13.4. The number of carboxylic acid groups (broad SMARTS) is 1. The van der Waals surface area contributed by atoms with Crippen LogP contribution in [0.4, 0.5) is 14.5 Å². The van der Waals surface area contributed by atoms with Gasteiger partial charge < -0.3 is 19.1 Å². The van der Waals surface area contributed by atoms with Crippen LogP contribution in [0, 0.1) is 0 Å². The van der Waals surface area contributed by atoms with E-state index in [1.807, 2.05) is 16.7 Å². The smallest absolute Gasteiger partial charge is 0.387 e. The Morgan fingerprint density at radius 3 is 2.48 bits per heavy atom. The zero-order valence-corrected chi connectivity index (χ0v) is 24.6. The first-order valence-electron chi connectivity index (χ1n) is 13.6. The van der Waals surface area contributed by atoms with Crippen LogP contribution in [-0.2, 0) is 30.0 Å². The number of alkyl halides is 2. The van der Waals surface area contributed by atoms with Crippen molar-refractivity contribution in [3.8, 4) is 16.9 Å². The van der Waals surface area contributed by atoms with Gasteiger partial charge in [0.25, 0.3) is 0 Å². The molecule has 0 spiro atoms. The van der Waals surface area contributed by atoms with E-state index in [1.165, 1.54) is 16.4 Å². The van der Waals surface area contributed by atoms with Gasteiger partial charge in [-0.3, -0.25) is 13.9 Å². The number of imidazole rings is 1. The summed E-state index contributed by atoms with van der Waals surface area (Å²) in [4.78, 5) is 36.4. The second-order valence-electron chi connectivity index (χ2n) is 11.1. The fraction of sp³-hybridized carbons (Fsp3) is 0.345. The number of hydrogen-bond acceptors (Lipinski definition) is 9. The van der Waals surface area contributed by atoms with E-state index in [0.29, 0.717) is 40.0 Å². The molecule has 0 aliphatic carbocycles. The Hall–Kier alpha value is -4.66. The molecule has 4 heterocycles. The van der Waals surface area contributed by atoms with E-state index in [2.05, 4.69) is 9.97 Å². The molecule has 0 saturated carbocycles. The number of nitrogens with zero attached hydrogens (tertiary/aromatic N) is 5. The van der Waals surface area contributed by atoms with Crippen LogP contribution < -0.4 is 9.04 Å². The van der Waals surface area contributed by atoms with Crippen LogP contribution in [0.3, 0.4) is 0 Å². The summed E-state index contributed by atoms with van der Waals surface area (Å²) in [6.45, 7) is 0.104.